The highest BCUT2D eigenvalue weighted by Crippen LogP contribution is 2.45. The van der Waals surface area contributed by atoms with E-state index in [0.29, 0.717) is 44.8 Å². The van der Waals surface area contributed by atoms with Crippen molar-refractivity contribution in [1.29, 1.82) is 0 Å². The summed E-state index contributed by atoms with van der Waals surface area (Å²) in [6.07, 6.45) is 6.09. The van der Waals surface area contributed by atoms with Crippen LogP contribution in [0.1, 0.15) is 154 Å². The fourth-order valence-electron chi connectivity index (χ4n) is 8.42. The number of amides is 4. The van der Waals surface area contributed by atoms with Crippen molar-refractivity contribution in [3.05, 3.63) is 176 Å². The highest BCUT2D eigenvalue weighted by molar-refractivity contribution is 6.37. The van der Waals surface area contributed by atoms with Crippen LogP contribution < -0.4 is 20.4 Å². The SMILES string of the molecule is CC(C)c1cccc(C(C)C)c1N1C(=O)c2c(F)c(F)c(F)c(NCc3cccnc3)c2C1=O.CC(C)c1cccc(C(C)C)c1N1C(=O)c2c(F)c(F)c(NCc3cccnc3)c(F)c2C1=O. The first kappa shape index (κ1) is 48.6. The molecule has 10 nitrogen and oxygen atoms in total. The van der Waals surface area contributed by atoms with Crippen LogP contribution in [0.25, 0.3) is 0 Å². The first-order valence-electron chi connectivity index (χ1n) is 22.0. The molecule has 2 aromatic heterocycles. The third-order valence-electron chi connectivity index (χ3n) is 11.8. The second kappa shape index (κ2) is 19.5. The van der Waals surface area contributed by atoms with Gasteiger partial charge in [-0.2, -0.15) is 0 Å². The van der Waals surface area contributed by atoms with Crippen LogP contribution in [0.3, 0.4) is 0 Å². The van der Waals surface area contributed by atoms with Crippen LogP contribution in [-0.2, 0) is 13.1 Å². The molecule has 8 rings (SSSR count). The zero-order chi connectivity index (χ0) is 49.5. The number of hydrogen-bond acceptors (Lipinski definition) is 8. The molecule has 0 atom stereocenters. The van der Waals surface area contributed by atoms with Gasteiger partial charge in [-0.25, -0.2) is 36.1 Å². The van der Waals surface area contributed by atoms with Crippen molar-refractivity contribution in [3.63, 3.8) is 0 Å². The molecule has 16 heteroatoms. The van der Waals surface area contributed by atoms with Gasteiger partial charge in [0.1, 0.15) is 5.69 Å². The summed E-state index contributed by atoms with van der Waals surface area (Å²) >= 11 is 0. The van der Waals surface area contributed by atoms with Gasteiger partial charge in [0.05, 0.1) is 39.3 Å². The van der Waals surface area contributed by atoms with E-state index in [1.54, 1.807) is 60.9 Å². The Morgan fingerprint density at radius 1 is 0.426 bits per heavy atom. The lowest BCUT2D eigenvalue weighted by Crippen LogP contribution is -2.32. The molecule has 2 aliphatic rings. The molecule has 4 heterocycles. The summed E-state index contributed by atoms with van der Waals surface area (Å²) in [4.78, 5) is 63.2. The summed E-state index contributed by atoms with van der Waals surface area (Å²) < 4.78 is 89.8. The van der Waals surface area contributed by atoms with Crippen molar-refractivity contribution >= 4 is 46.4 Å². The number of nitrogens with zero attached hydrogens (tertiary/aromatic N) is 4. The fraction of sp³-hybridized carbons (Fsp3) is 0.269. The molecular weight excluding hydrogens is 887 g/mol. The standard InChI is InChI=1S/2C26H24F3N3O2/c1-13(2)16-8-5-9-17(14(3)4)24(16)32-25(33)18-19(26(32)34)23(22(29)21(28)20(18)27)31-12-15-7-6-10-30-11-15;1-13(2)16-8-5-9-17(14(3)4)24(16)32-25(33)18-19(26(32)34)21(28)23(22(29)20(18)27)31-12-15-7-6-10-30-11-15/h2*5-11,13-14,31H,12H2,1-4H3. The summed E-state index contributed by atoms with van der Waals surface area (Å²) in [7, 11) is 0. The average molecular weight is 935 g/mol. The number of fused-ring (bicyclic) bond motifs is 2. The van der Waals surface area contributed by atoms with Gasteiger partial charge in [0.2, 0.25) is 0 Å². The molecule has 2 aliphatic heterocycles. The van der Waals surface area contributed by atoms with Crippen LogP contribution in [0.5, 0.6) is 0 Å². The minimum Gasteiger partial charge on any atom is -0.378 e. The molecule has 4 aromatic carbocycles. The highest BCUT2D eigenvalue weighted by Gasteiger charge is 2.47. The third kappa shape index (κ3) is 8.59. The van der Waals surface area contributed by atoms with Crippen LogP contribution in [0.2, 0.25) is 0 Å². The Hall–Kier alpha value is -7.36. The molecule has 0 fully saturated rings. The van der Waals surface area contributed by atoms with Crippen LogP contribution in [0.15, 0.2) is 85.5 Å². The maximum absolute atomic E-state index is 15.5. The van der Waals surface area contributed by atoms with Crippen molar-refractivity contribution in [2.24, 2.45) is 0 Å². The first-order valence-corrected chi connectivity index (χ1v) is 22.0. The summed E-state index contributed by atoms with van der Waals surface area (Å²) in [5.74, 6) is -13.8. The summed E-state index contributed by atoms with van der Waals surface area (Å²) in [6, 6.07) is 17.4. The van der Waals surface area contributed by atoms with Crippen LogP contribution in [0.4, 0.5) is 49.1 Å². The van der Waals surface area contributed by atoms with E-state index >= 15 is 8.78 Å². The molecule has 0 aliphatic carbocycles. The lowest BCUT2D eigenvalue weighted by Gasteiger charge is -2.25. The van der Waals surface area contributed by atoms with E-state index in [1.807, 2.05) is 67.5 Å². The van der Waals surface area contributed by atoms with E-state index in [-0.39, 0.29) is 36.8 Å². The van der Waals surface area contributed by atoms with Crippen LogP contribution in [0, 0.1) is 34.9 Å². The number of nitrogens with one attached hydrogen (secondary N) is 2. The second-order valence-corrected chi connectivity index (χ2v) is 17.6. The van der Waals surface area contributed by atoms with Gasteiger partial charge < -0.3 is 10.6 Å². The number of halogens is 6. The number of hydrogen-bond donors (Lipinski definition) is 2. The molecule has 0 saturated carbocycles. The van der Waals surface area contributed by atoms with Crippen LogP contribution >= 0.6 is 0 Å². The molecule has 352 valence electrons. The molecule has 0 bridgehead atoms. The number of anilines is 4. The summed E-state index contributed by atoms with van der Waals surface area (Å²) in [6.45, 7) is 15.1. The number of aromatic nitrogens is 2. The molecule has 68 heavy (non-hydrogen) atoms. The molecule has 6 aromatic rings. The highest BCUT2D eigenvalue weighted by atomic mass is 19.2. The molecule has 0 radical (unpaired) electrons. The molecular formula is C52H48F6N6O4. The number of carbonyl (C=O) groups excluding carboxylic acids is 4. The Kier molecular flexibility index (Phi) is 13.9. The lowest BCUT2D eigenvalue weighted by atomic mass is 9.92. The van der Waals surface area contributed by atoms with E-state index in [0.717, 1.165) is 9.80 Å². The van der Waals surface area contributed by atoms with E-state index in [9.17, 15) is 36.7 Å². The third-order valence-corrected chi connectivity index (χ3v) is 11.8. The number of imide groups is 2. The van der Waals surface area contributed by atoms with Crippen molar-refractivity contribution in [2.45, 2.75) is 92.2 Å². The summed E-state index contributed by atoms with van der Waals surface area (Å²) in [5.41, 5.74) is 0.305. The largest absolute Gasteiger partial charge is 0.378 e. The topological polar surface area (TPSA) is 125 Å². The molecule has 0 unspecified atom stereocenters. The Morgan fingerprint density at radius 2 is 0.765 bits per heavy atom. The van der Waals surface area contributed by atoms with Gasteiger partial charge in [0.25, 0.3) is 23.6 Å². The number of rotatable bonds is 12. The maximum atomic E-state index is 15.5. The van der Waals surface area contributed by atoms with Gasteiger partial charge in [-0.15, -0.1) is 0 Å². The van der Waals surface area contributed by atoms with E-state index in [2.05, 4.69) is 20.6 Å². The number of benzene rings is 4. The Balaban J connectivity index is 0.000000201. The molecule has 0 saturated heterocycles. The lowest BCUT2D eigenvalue weighted by molar-refractivity contribution is 0.0908. The zero-order valence-corrected chi connectivity index (χ0v) is 38.5. The maximum Gasteiger partial charge on any atom is 0.269 e. The average Bonchev–Trinajstić information content (AvgIpc) is 3.73. The number of carbonyl (C=O) groups is 4. The van der Waals surface area contributed by atoms with Gasteiger partial charge in [-0.05, 0) is 69.2 Å². The monoisotopic (exact) mass is 934 g/mol. The number of pyridine rings is 2. The van der Waals surface area contributed by atoms with Crippen molar-refractivity contribution in [1.82, 2.24) is 9.97 Å². The van der Waals surface area contributed by atoms with Crippen molar-refractivity contribution < 1.29 is 45.5 Å². The van der Waals surface area contributed by atoms with Gasteiger partial charge in [-0.1, -0.05) is 104 Å². The Labute approximate surface area is 389 Å². The minimum atomic E-state index is -1.81. The molecule has 4 amide bonds. The van der Waals surface area contributed by atoms with Gasteiger partial charge >= 0.3 is 0 Å². The quantitative estimate of drug-likeness (QED) is 0.0538. The van der Waals surface area contributed by atoms with Gasteiger partial charge in [0, 0.05) is 37.9 Å². The van der Waals surface area contributed by atoms with Gasteiger partial charge in [0.15, 0.2) is 34.9 Å². The van der Waals surface area contributed by atoms with E-state index in [1.165, 1.54) is 12.4 Å². The van der Waals surface area contributed by atoms with Crippen molar-refractivity contribution in [2.75, 3.05) is 20.4 Å². The predicted octanol–water partition coefficient (Wildman–Crippen LogP) is 12.3. The fourth-order valence-corrected chi connectivity index (χ4v) is 8.42. The smallest absolute Gasteiger partial charge is 0.269 e. The second-order valence-electron chi connectivity index (χ2n) is 17.6. The van der Waals surface area contributed by atoms with E-state index < -0.39 is 92.2 Å². The summed E-state index contributed by atoms with van der Waals surface area (Å²) in [5, 5.41) is 5.18. The number of para-hydroxylation sites is 2. The Bertz CT molecular complexity index is 2920. The predicted molar refractivity (Wildman–Crippen MR) is 247 cm³/mol. The first-order chi connectivity index (χ1) is 32.3. The Morgan fingerprint density at radius 3 is 1.15 bits per heavy atom. The van der Waals surface area contributed by atoms with Crippen molar-refractivity contribution in [3.8, 4) is 0 Å². The molecule has 2 N–H and O–H groups in total. The zero-order valence-electron chi connectivity index (χ0n) is 38.5. The van der Waals surface area contributed by atoms with E-state index in [4.69, 9.17) is 0 Å². The minimum absolute atomic E-state index is 0.0103. The van der Waals surface area contributed by atoms with Gasteiger partial charge in [-0.3, -0.25) is 29.1 Å². The van der Waals surface area contributed by atoms with Crippen LogP contribution in [-0.4, -0.2) is 33.6 Å². The molecule has 0 spiro atoms. The normalized spacial score (nSPS) is 13.3.